The van der Waals surface area contributed by atoms with Crippen LogP contribution in [0.4, 0.5) is 8.78 Å². The van der Waals surface area contributed by atoms with Crippen LogP contribution in [-0.4, -0.2) is 36.3 Å². The van der Waals surface area contributed by atoms with E-state index in [4.69, 9.17) is 4.74 Å². The number of ether oxygens (including phenoxy) is 1. The van der Waals surface area contributed by atoms with Crippen molar-refractivity contribution in [2.75, 3.05) is 13.2 Å². The summed E-state index contributed by atoms with van der Waals surface area (Å²) in [7, 11) is 0. The number of nitrogens with one attached hydrogen (secondary N) is 2. The standard InChI is InChI=1S/C26H32F2N2O3/c1-17(31)30-23(13-18-11-21(27)15-22(28)12-18)24(32)16-29-26(8-9-26)20-6-3-5-19(14-20)25(2)7-4-10-33-25/h3,5-6,11-12,14-15,23-24,29,32H,4,7-10,13,16H2,1-2H3,(H,30,31). The zero-order valence-electron chi connectivity index (χ0n) is 19.2. The molecule has 7 heteroatoms. The first-order chi connectivity index (χ1) is 15.7. The topological polar surface area (TPSA) is 70.6 Å². The molecule has 1 saturated carbocycles. The van der Waals surface area contributed by atoms with Crippen molar-refractivity contribution in [3.63, 3.8) is 0 Å². The Bertz CT molecular complexity index is 983. The molecule has 0 radical (unpaired) electrons. The largest absolute Gasteiger partial charge is 0.390 e. The summed E-state index contributed by atoms with van der Waals surface area (Å²) >= 11 is 0. The van der Waals surface area contributed by atoms with Crippen LogP contribution >= 0.6 is 0 Å². The Morgan fingerprint density at radius 2 is 1.82 bits per heavy atom. The molecular formula is C26H32F2N2O3. The van der Waals surface area contributed by atoms with Crippen molar-refractivity contribution in [1.82, 2.24) is 10.6 Å². The first-order valence-electron chi connectivity index (χ1n) is 11.6. The second-order valence-electron chi connectivity index (χ2n) is 9.58. The Morgan fingerprint density at radius 1 is 1.12 bits per heavy atom. The smallest absolute Gasteiger partial charge is 0.217 e. The molecule has 1 aliphatic carbocycles. The highest BCUT2D eigenvalue weighted by Gasteiger charge is 2.45. The van der Waals surface area contributed by atoms with Crippen LogP contribution in [0.25, 0.3) is 0 Å². The first-order valence-corrected chi connectivity index (χ1v) is 11.6. The van der Waals surface area contributed by atoms with Crippen LogP contribution in [0.2, 0.25) is 0 Å². The third kappa shape index (κ3) is 5.60. The van der Waals surface area contributed by atoms with Gasteiger partial charge in [-0.2, -0.15) is 0 Å². The van der Waals surface area contributed by atoms with Crippen molar-refractivity contribution in [3.8, 4) is 0 Å². The van der Waals surface area contributed by atoms with E-state index in [9.17, 15) is 18.7 Å². The summed E-state index contributed by atoms with van der Waals surface area (Å²) in [5.74, 6) is -1.68. The fraction of sp³-hybridized carbons (Fsp3) is 0.500. The molecule has 4 rings (SSSR count). The number of benzene rings is 2. The summed E-state index contributed by atoms with van der Waals surface area (Å²) in [5.41, 5.74) is 2.21. The van der Waals surface area contributed by atoms with E-state index < -0.39 is 23.8 Å². The number of amides is 1. The first kappa shape index (κ1) is 23.8. The predicted molar refractivity (Wildman–Crippen MR) is 122 cm³/mol. The van der Waals surface area contributed by atoms with E-state index in [1.165, 1.54) is 19.1 Å². The van der Waals surface area contributed by atoms with Crippen molar-refractivity contribution in [3.05, 3.63) is 70.8 Å². The number of carbonyl (C=O) groups is 1. The molecule has 2 aromatic carbocycles. The van der Waals surface area contributed by atoms with Gasteiger partial charge in [-0.25, -0.2) is 8.78 Å². The highest BCUT2D eigenvalue weighted by molar-refractivity contribution is 5.73. The number of rotatable bonds is 9. The number of hydrogen-bond acceptors (Lipinski definition) is 4. The minimum atomic E-state index is -0.934. The van der Waals surface area contributed by atoms with Crippen molar-refractivity contribution >= 4 is 5.91 Å². The van der Waals surface area contributed by atoms with Gasteiger partial charge >= 0.3 is 0 Å². The van der Waals surface area contributed by atoms with Crippen LogP contribution < -0.4 is 10.6 Å². The van der Waals surface area contributed by atoms with E-state index in [2.05, 4.69) is 35.8 Å². The van der Waals surface area contributed by atoms with E-state index in [0.717, 1.165) is 49.5 Å². The lowest BCUT2D eigenvalue weighted by Gasteiger charge is -2.28. The summed E-state index contributed by atoms with van der Waals surface area (Å²) in [6.45, 7) is 4.50. The summed E-state index contributed by atoms with van der Waals surface area (Å²) in [5, 5.41) is 17.1. The Hall–Kier alpha value is -2.35. The fourth-order valence-electron chi connectivity index (χ4n) is 4.81. The summed E-state index contributed by atoms with van der Waals surface area (Å²) in [6.07, 6.45) is 3.12. The van der Waals surface area contributed by atoms with Crippen molar-refractivity contribution in [2.24, 2.45) is 0 Å². The third-order valence-electron chi connectivity index (χ3n) is 6.88. The minimum absolute atomic E-state index is 0.120. The molecule has 1 amide bonds. The molecule has 3 unspecified atom stereocenters. The summed E-state index contributed by atoms with van der Waals surface area (Å²) in [6, 6.07) is 11.0. The zero-order valence-corrected chi connectivity index (χ0v) is 19.2. The molecule has 1 aliphatic heterocycles. The average Bonchev–Trinajstić information content (AvgIpc) is 3.43. The third-order valence-corrected chi connectivity index (χ3v) is 6.88. The van der Waals surface area contributed by atoms with Crippen molar-refractivity contribution < 1.29 is 23.4 Å². The Labute approximate surface area is 193 Å². The Morgan fingerprint density at radius 3 is 2.42 bits per heavy atom. The molecule has 0 spiro atoms. The highest BCUT2D eigenvalue weighted by Crippen LogP contribution is 2.47. The molecule has 2 aromatic rings. The Kier molecular flexibility index (Phi) is 6.84. The molecule has 3 N–H and O–H groups in total. The zero-order chi connectivity index (χ0) is 23.6. The molecule has 3 atom stereocenters. The van der Waals surface area contributed by atoms with Gasteiger partial charge in [0.15, 0.2) is 0 Å². The SMILES string of the molecule is CC(=O)NC(Cc1cc(F)cc(F)c1)C(O)CNC1(c2cccc(C3(C)CCCO3)c2)CC1. The molecular weight excluding hydrogens is 426 g/mol. The maximum Gasteiger partial charge on any atom is 0.217 e. The second kappa shape index (κ2) is 9.49. The molecule has 0 aromatic heterocycles. The van der Waals surface area contributed by atoms with Gasteiger partial charge in [0.25, 0.3) is 0 Å². The van der Waals surface area contributed by atoms with Crippen LogP contribution in [0.3, 0.4) is 0 Å². The van der Waals surface area contributed by atoms with Gasteiger partial charge in [-0.1, -0.05) is 24.3 Å². The van der Waals surface area contributed by atoms with Crippen LogP contribution in [0.1, 0.15) is 56.2 Å². The van der Waals surface area contributed by atoms with E-state index in [1.807, 2.05) is 6.07 Å². The van der Waals surface area contributed by atoms with Gasteiger partial charge in [-0.3, -0.25) is 4.79 Å². The van der Waals surface area contributed by atoms with Crippen LogP contribution in [0.5, 0.6) is 0 Å². The maximum atomic E-state index is 13.6. The monoisotopic (exact) mass is 458 g/mol. The maximum absolute atomic E-state index is 13.6. The molecule has 178 valence electrons. The van der Waals surface area contributed by atoms with E-state index >= 15 is 0 Å². The van der Waals surface area contributed by atoms with Gasteiger partial charge in [0.05, 0.1) is 17.7 Å². The molecule has 1 saturated heterocycles. The number of aliphatic hydroxyl groups excluding tert-OH is 1. The highest BCUT2D eigenvalue weighted by atomic mass is 19.1. The molecule has 5 nitrogen and oxygen atoms in total. The van der Waals surface area contributed by atoms with Gasteiger partial charge < -0.3 is 20.5 Å². The molecule has 2 fully saturated rings. The lowest BCUT2D eigenvalue weighted by Crippen LogP contribution is -2.49. The van der Waals surface area contributed by atoms with E-state index in [-0.39, 0.29) is 30.0 Å². The number of aliphatic hydroxyl groups is 1. The fourth-order valence-corrected chi connectivity index (χ4v) is 4.81. The van der Waals surface area contributed by atoms with Gasteiger partial charge in [-0.15, -0.1) is 0 Å². The van der Waals surface area contributed by atoms with Crippen molar-refractivity contribution in [2.45, 2.75) is 69.2 Å². The minimum Gasteiger partial charge on any atom is -0.390 e. The summed E-state index contributed by atoms with van der Waals surface area (Å²) < 4.78 is 33.2. The molecule has 2 aliphatic rings. The molecule has 33 heavy (non-hydrogen) atoms. The van der Waals surface area contributed by atoms with Gasteiger partial charge in [-0.05, 0) is 67.9 Å². The summed E-state index contributed by atoms with van der Waals surface area (Å²) in [4.78, 5) is 11.7. The number of carbonyl (C=O) groups excluding carboxylic acids is 1. The van der Waals surface area contributed by atoms with Gasteiger partial charge in [0, 0.05) is 31.7 Å². The Balaban J connectivity index is 1.44. The van der Waals surface area contributed by atoms with Crippen LogP contribution in [0.15, 0.2) is 42.5 Å². The van der Waals surface area contributed by atoms with Crippen LogP contribution in [-0.2, 0) is 27.1 Å². The quantitative estimate of drug-likeness (QED) is 0.536. The average molecular weight is 459 g/mol. The number of hydrogen-bond donors (Lipinski definition) is 3. The van der Waals surface area contributed by atoms with Crippen molar-refractivity contribution in [1.29, 1.82) is 0 Å². The molecule has 0 bridgehead atoms. The lowest BCUT2D eigenvalue weighted by atomic mass is 9.90. The molecule has 1 heterocycles. The van der Waals surface area contributed by atoms with Crippen LogP contribution in [0, 0.1) is 11.6 Å². The van der Waals surface area contributed by atoms with Gasteiger partial charge in [0.2, 0.25) is 5.91 Å². The number of halogens is 2. The van der Waals surface area contributed by atoms with E-state index in [0.29, 0.717) is 5.56 Å². The van der Waals surface area contributed by atoms with E-state index in [1.54, 1.807) is 0 Å². The lowest BCUT2D eigenvalue weighted by molar-refractivity contribution is -0.120. The predicted octanol–water partition coefficient (Wildman–Crippen LogP) is 3.68. The van der Waals surface area contributed by atoms with Gasteiger partial charge in [0.1, 0.15) is 11.6 Å². The second-order valence-corrected chi connectivity index (χ2v) is 9.58. The normalized spacial score (nSPS) is 23.2.